The van der Waals surface area contributed by atoms with Gasteiger partial charge in [0.05, 0.1) is 6.26 Å². The highest BCUT2D eigenvalue weighted by Gasteiger charge is 2.22. The Morgan fingerprint density at radius 2 is 2.50 bits per heavy atom. The summed E-state index contributed by atoms with van der Waals surface area (Å²) in [7, 11) is 0. The normalized spacial score (nSPS) is 23.1. The summed E-state index contributed by atoms with van der Waals surface area (Å²) < 4.78 is 5.61. The summed E-state index contributed by atoms with van der Waals surface area (Å²) in [6.07, 6.45) is 8.65. The fourth-order valence-corrected chi connectivity index (χ4v) is 2.67. The fraction of sp³-hybridized carbons (Fsp3) is 0.182. The molecule has 3 rings (SSSR count). The smallest absolute Gasteiger partial charge is 0.131 e. The first-order valence-corrected chi connectivity index (χ1v) is 5.45. The van der Waals surface area contributed by atoms with Crippen molar-refractivity contribution in [2.75, 3.05) is 0 Å². The monoisotopic (exact) mass is 203 g/mol. The van der Waals surface area contributed by atoms with Crippen molar-refractivity contribution in [2.24, 2.45) is 4.99 Å². The van der Waals surface area contributed by atoms with Crippen molar-refractivity contribution in [2.45, 2.75) is 12.5 Å². The molecule has 3 heterocycles. The lowest BCUT2D eigenvalue weighted by atomic mass is 10.0. The van der Waals surface area contributed by atoms with Crippen molar-refractivity contribution in [3.05, 3.63) is 34.3 Å². The number of hydrogen-bond acceptors (Lipinski definition) is 3. The Morgan fingerprint density at radius 1 is 1.50 bits per heavy atom. The van der Waals surface area contributed by atoms with Crippen LogP contribution in [0.1, 0.15) is 16.9 Å². The summed E-state index contributed by atoms with van der Waals surface area (Å²) in [5, 5.41) is 2.11. The average molecular weight is 203 g/mol. The van der Waals surface area contributed by atoms with E-state index in [2.05, 4.69) is 16.4 Å². The second kappa shape index (κ2) is 3.10. The third-order valence-electron chi connectivity index (χ3n) is 2.43. The number of rotatable bonds is 0. The van der Waals surface area contributed by atoms with Crippen LogP contribution in [0.15, 0.2) is 28.9 Å². The number of fused-ring (bicyclic) bond motifs is 3. The number of thiophene rings is 1. The van der Waals surface area contributed by atoms with E-state index in [9.17, 15) is 0 Å². The molecule has 0 N–H and O–H groups in total. The third-order valence-corrected chi connectivity index (χ3v) is 3.41. The minimum Gasteiger partial charge on any atom is -0.493 e. The molecular weight excluding hydrogens is 194 g/mol. The maximum Gasteiger partial charge on any atom is 0.131 e. The second-order valence-corrected chi connectivity index (χ2v) is 4.20. The van der Waals surface area contributed by atoms with E-state index >= 15 is 0 Å². The highest BCUT2D eigenvalue weighted by molar-refractivity contribution is 7.11. The van der Waals surface area contributed by atoms with Gasteiger partial charge in [-0.2, -0.15) is 0 Å². The van der Waals surface area contributed by atoms with Gasteiger partial charge in [-0.25, -0.2) is 0 Å². The van der Waals surface area contributed by atoms with Gasteiger partial charge in [-0.1, -0.05) is 0 Å². The predicted molar refractivity (Wildman–Crippen MR) is 59.3 cm³/mol. The summed E-state index contributed by atoms with van der Waals surface area (Å²) in [5.41, 5.74) is 2.45. The van der Waals surface area contributed by atoms with E-state index in [1.54, 1.807) is 17.6 Å². The summed E-state index contributed by atoms with van der Waals surface area (Å²) in [6, 6.07) is 2.11. The minimum atomic E-state index is 0.156. The van der Waals surface area contributed by atoms with Crippen molar-refractivity contribution in [3.8, 4) is 0 Å². The zero-order valence-electron chi connectivity index (χ0n) is 7.51. The largest absolute Gasteiger partial charge is 0.493 e. The Labute approximate surface area is 86.2 Å². The highest BCUT2D eigenvalue weighted by atomic mass is 32.1. The van der Waals surface area contributed by atoms with Crippen molar-refractivity contribution in [3.63, 3.8) is 0 Å². The van der Waals surface area contributed by atoms with Gasteiger partial charge in [0.15, 0.2) is 0 Å². The molecule has 1 aromatic rings. The molecule has 0 saturated carbocycles. The molecule has 0 aliphatic carbocycles. The molecule has 0 bridgehead atoms. The average Bonchev–Trinajstić information content (AvgIpc) is 2.61. The topological polar surface area (TPSA) is 21.6 Å². The van der Waals surface area contributed by atoms with Crippen LogP contribution in [-0.2, 0) is 4.74 Å². The lowest BCUT2D eigenvalue weighted by Crippen LogP contribution is -2.14. The zero-order valence-corrected chi connectivity index (χ0v) is 8.33. The third kappa shape index (κ3) is 1.13. The number of hydrogen-bond donors (Lipinski definition) is 0. The Balaban J connectivity index is 2.17. The zero-order chi connectivity index (χ0) is 9.38. The summed E-state index contributed by atoms with van der Waals surface area (Å²) >= 11 is 1.75. The van der Waals surface area contributed by atoms with E-state index in [0.29, 0.717) is 0 Å². The lowest BCUT2D eigenvalue weighted by molar-refractivity contribution is 0.205. The van der Waals surface area contributed by atoms with Gasteiger partial charge >= 0.3 is 0 Å². The van der Waals surface area contributed by atoms with Crippen molar-refractivity contribution in [1.29, 1.82) is 0 Å². The van der Waals surface area contributed by atoms with Crippen LogP contribution in [0.25, 0.3) is 11.6 Å². The first-order chi connectivity index (χ1) is 6.95. The van der Waals surface area contributed by atoms with E-state index in [4.69, 9.17) is 4.74 Å². The van der Waals surface area contributed by atoms with Gasteiger partial charge in [-0.05, 0) is 23.1 Å². The van der Waals surface area contributed by atoms with Gasteiger partial charge in [0.25, 0.3) is 0 Å². The SMILES string of the molecule is C1=Cc2ccsc2C2=CN=CCC2O1. The van der Waals surface area contributed by atoms with E-state index in [1.807, 2.05) is 18.5 Å². The second-order valence-electron chi connectivity index (χ2n) is 3.28. The van der Waals surface area contributed by atoms with Gasteiger partial charge in [0.1, 0.15) is 6.10 Å². The van der Waals surface area contributed by atoms with Crippen molar-refractivity contribution in [1.82, 2.24) is 0 Å². The maximum atomic E-state index is 5.61. The molecule has 0 fully saturated rings. The molecule has 2 nitrogen and oxygen atoms in total. The quantitative estimate of drug-likeness (QED) is 0.635. The molecule has 0 aromatic carbocycles. The number of aliphatic imine (C=N–C) groups is 1. The lowest BCUT2D eigenvalue weighted by Gasteiger charge is -2.18. The van der Waals surface area contributed by atoms with Gasteiger partial charge in [-0.15, -0.1) is 11.3 Å². The van der Waals surface area contributed by atoms with Gasteiger partial charge in [-0.3, -0.25) is 4.99 Å². The van der Waals surface area contributed by atoms with Crippen LogP contribution in [0.2, 0.25) is 0 Å². The molecular formula is C11H9NOS. The Bertz CT molecular complexity index is 442. The van der Waals surface area contributed by atoms with E-state index in [-0.39, 0.29) is 6.10 Å². The molecule has 2 aliphatic rings. The van der Waals surface area contributed by atoms with E-state index in [0.717, 1.165) is 6.42 Å². The molecule has 1 atom stereocenters. The van der Waals surface area contributed by atoms with Crippen LogP contribution in [0.4, 0.5) is 0 Å². The van der Waals surface area contributed by atoms with Crippen LogP contribution in [0.5, 0.6) is 0 Å². The molecule has 1 unspecified atom stereocenters. The summed E-state index contributed by atoms with van der Waals surface area (Å²) in [6.45, 7) is 0. The molecule has 0 amide bonds. The molecule has 0 saturated heterocycles. The Morgan fingerprint density at radius 3 is 3.50 bits per heavy atom. The molecule has 70 valence electrons. The fourth-order valence-electron chi connectivity index (χ4n) is 1.73. The molecule has 3 heteroatoms. The number of nitrogens with zero attached hydrogens (tertiary/aromatic N) is 1. The highest BCUT2D eigenvalue weighted by Crippen LogP contribution is 2.34. The van der Waals surface area contributed by atoms with Crippen LogP contribution < -0.4 is 0 Å². The van der Waals surface area contributed by atoms with Gasteiger partial charge < -0.3 is 4.74 Å². The molecule has 14 heavy (non-hydrogen) atoms. The van der Waals surface area contributed by atoms with Crippen LogP contribution in [0, 0.1) is 0 Å². The van der Waals surface area contributed by atoms with Crippen molar-refractivity contribution >= 4 is 29.2 Å². The first kappa shape index (κ1) is 8.00. The predicted octanol–water partition coefficient (Wildman–Crippen LogP) is 2.93. The Hall–Kier alpha value is -1.35. The van der Waals surface area contributed by atoms with E-state index < -0.39 is 0 Å². The maximum absolute atomic E-state index is 5.61. The van der Waals surface area contributed by atoms with Crippen LogP contribution >= 0.6 is 11.3 Å². The standard InChI is InChI=1S/C11H9NOS/c1-4-12-7-9-10(1)13-5-2-8-3-6-14-11(8)9/h2-7,10H,1H2. The molecule has 0 spiro atoms. The molecule has 2 aliphatic heterocycles. The van der Waals surface area contributed by atoms with E-state index in [1.165, 1.54) is 16.0 Å². The summed E-state index contributed by atoms with van der Waals surface area (Å²) in [5.74, 6) is 0. The van der Waals surface area contributed by atoms with Gasteiger partial charge in [0.2, 0.25) is 0 Å². The van der Waals surface area contributed by atoms with Crippen LogP contribution in [0.3, 0.4) is 0 Å². The summed E-state index contributed by atoms with van der Waals surface area (Å²) in [4.78, 5) is 5.49. The van der Waals surface area contributed by atoms with Crippen molar-refractivity contribution < 1.29 is 4.74 Å². The Kier molecular flexibility index (Phi) is 1.77. The van der Waals surface area contributed by atoms with Crippen LogP contribution in [-0.4, -0.2) is 12.3 Å². The van der Waals surface area contributed by atoms with Gasteiger partial charge in [0, 0.05) is 29.3 Å². The molecule has 0 radical (unpaired) electrons. The molecule has 1 aromatic heterocycles. The first-order valence-electron chi connectivity index (χ1n) is 4.57. The number of ether oxygens (including phenoxy) is 1. The minimum absolute atomic E-state index is 0.156.